The SMILES string of the molecule is CCCCCCCCCCCCCCCCC(O)C(=O)NC(CS(=O)(=O)O)C(O)CCCCCCCCCCCCCCCC. The summed E-state index contributed by atoms with van der Waals surface area (Å²) in [7, 11) is -4.40. The summed E-state index contributed by atoms with van der Waals surface area (Å²) in [6.45, 7) is 4.50. The molecular weight excluding hydrogens is 586 g/mol. The Hall–Kier alpha value is -0.700. The normalized spacial score (nSPS) is 14.0. The van der Waals surface area contributed by atoms with Gasteiger partial charge in [0.1, 0.15) is 6.10 Å². The summed E-state index contributed by atoms with van der Waals surface area (Å²) in [5, 5.41) is 23.5. The fraction of sp³-hybridized carbons (Fsp3) is 0.973. The van der Waals surface area contributed by atoms with Crippen LogP contribution in [-0.4, -0.2) is 53.1 Å². The molecule has 0 saturated heterocycles. The highest BCUT2D eigenvalue weighted by Crippen LogP contribution is 2.16. The van der Waals surface area contributed by atoms with Gasteiger partial charge in [-0.05, 0) is 12.8 Å². The van der Waals surface area contributed by atoms with Gasteiger partial charge in [-0.1, -0.05) is 194 Å². The van der Waals surface area contributed by atoms with Crippen LogP contribution < -0.4 is 5.32 Å². The number of amides is 1. The zero-order valence-electron chi connectivity index (χ0n) is 29.6. The third-order valence-corrected chi connectivity index (χ3v) is 9.95. The molecule has 0 spiro atoms. The molecule has 3 atom stereocenters. The number of unbranched alkanes of at least 4 members (excludes halogenated alkanes) is 26. The molecule has 1 amide bonds. The molecule has 270 valence electrons. The van der Waals surface area contributed by atoms with E-state index in [1.807, 2.05) is 0 Å². The average Bonchev–Trinajstić information content (AvgIpc) is 3.00. The molecular formula is C37H75NO6S. The zero-order valence-corrected chi connectivity index (χ0v) is 30.4. The first-order chi connectivity index (χ1) is 21.7. The lowest BCUT2D eigenvalue weighted by Gasteiger charge is -2.24. The molecule has 0 saturated carbocycles. The quantitative estimate of drug-likeness (QED) is 0.0396. The van der Waals surface area contributed by atoms with E-state index in [2.05, 4.69) is 19.2 Å². The van der Waals surface area contributed by atoms with Crippen LogP contribution in [0.5, 0.6) is 0 Å². The Morgan fingerprint density at radius 2 is 0.800 bits per heavy atom. The van der Waals surface area contributed by atoms with E-state index in [0.29, 0.717) is 12.8 Å². The minimum Gasteiger partial charge on any atom is -0.391 e. The molecule has 0 aromatic carbocycles. The zero-order chi connectivity index (χ0) is 33.4. The van der Waals surface area contributed by atoms with Crippen LogP contribution in [-0.2, 0) is 14.9 Å². The van der Waals surface area contributed by atoms with Crippen LogP contribution >= 0.6 is 0 Å². The molecule has 0 rings (SSSR count). The molecule has 45 heavy (non-hydrogen) atoms. The van der Waals surface area contributed by atoms with Crippen LogP contribution in [0.1, 0.15) is 206 Å². The van der Waals surface area contributed by atoms with Crippen molar-refractivity contribution in [2.75, 3.05) is 5.75 Å². The molecule has 0 radical (unpaired) electrons. The van der Waals surface area contributed by atoms with Crippen LogP contribution in [0.15, 0.2) is 0 Å². The first-order valence-corrected chi connectivity index (χ1v) is 20.9. The summed E-state index contributed by atoms with van der Waals surface area (Å²) >= 11 is 0. The maximum Gasteiger partial charge on any atom is 0.266 e. The number of hydrogen-bond donors (Lipinski definition) is 4. The summed E-state index contributed by atoms with van der Waals surface area (Å²) in [4.78, 5) is 12.6. The largest absolute Gasteiger partial charge is 0.391 e. The second-order valence-electron chi connectivity index (χ2n) is 13.7. The van der Waals surface area contributed by atoms with Gasteiger partial charge >= 0.3 is 0 Å². The van der Waals surface area contributed by atoms with Crippen LogP contribution in [0, 0.1) is 0 Å². The van der Waals surface area contributed by atoms with Crippen molar-refractivity contribution in [3.8, 4) is 0 Å². The third kappa shape index (κ3) is 31.7. The molecule has 8 heteroatoms. The molecule has 0 aliphatic heterocycles. The van der Waals surface area contributed by atoms with Gasteiger partial charge in [0.2, 0.25) is 5.91 Å². The molecule has 0 aliphatic carbocycles. The number of aliphatic hydroxyl groups is 2. The average molecular weight is 662 g/mol. The molecule has 0 aliphatic rings. The van der Waals surface area contributed by atoms with Gasteiger partial charge in [0.05, 0.1) is 17.9 Å². The number of rotatable bonds is 35. The fourth-order valence-corrected chi connectivity index (χ4v) is 6.93. The van der Waals surface area contributed by atoms with Crippen molar-refractivity contribution in [1.82, 2.24) is 5.32 Å². The summed E-state index contributed by atoms with van der Waals surface area (Å²) in [6, 6.07) is -1.14. The summed E-state index contributed by atoms with van der Waals surface area (Å²) in [6.07, 6.45) is 32.6. The van der Waals surface area contributed by atoms with Gasteiger partial charge in [-0.3, -0.25) is 9.35 Å². The van der Waals surface area contributed by atoms with Gasteiger partial charge in [0, 0.05) is 0 Å². The van der Waals surface area contributed by atoms with Crippen molar-refractivity contribution in [2.45, 2.75) is 225 Å². The standard InChI is InChI=1S/C37H75NO6S/c1-3-5-7-9-11-13-15-17-19-21-23-25-27-29-31-35(39)34(33-45(42,43)44)38-37(41)36(40)32-30-28-26-24-22-20-18-16-14-12-10-8-6-4-2/h34-36,39-40H,3-33H2,1-2H3,(H,38,41)(H,42,43,44). The smallest absolute Gasteiger partial charge is 0.266 e. The van der Waals surface area contributed by atoms with E-state index >= 15 is 0 Å². The van der Waals surface area contributed by atoms with Gasteiger partial charge < -0.3 is 15.5 Å². The predicted octanol–water partition coefficient (Wildman–Crippen LogP) is 9.82. The molecule has 3 unspecified atom stereocenters. The lowest BCUT2D eigenvalue weighted by Crippen LogP contribution is -2.50. The maximum atomic E-state index is 12.6. The summed E-state index contributed by atoms with van der Waals surface area (Å²) < 4.78 is 32.5. The van der Waals surface area contributed by atoms with Crippen LogP contribution in [0.25, 0.3) is 0 Å². The maximum absolute atomic E-state index is 12.6. The third-order valence-electron chi connectivity index (χ3n) is 9.17. The molecule has 0 aromatic heterocycles. The molecule has 7 nitrogen and oxygen atoms in total. The Labute approximate surface area is 279 Å². The number of nitrogens with one attached hydrogen (secondary N) is 1. The molecule has 0 aromatic rings. The number of hydrogen-bond acceptors (Lipinski definition) is 5. The fourth-order valence-electron chi connectivity index (χ4n) is 6.17. The molecule has 0 fully saturated rings. The second-order valence-corrected chi connectivity index (χ2v) is 15.2. The van der Waals surface area contributed by atoms with E-state index < -0.39 is 40.0 Å². The first kappa shape index (κ1) is 44.3. The van der Waals surface area contributed by atoms with E-state index in [9.17, 15) is 28.0 Å². The van der Waals surface area contributed by atoms with E-state index in [-0.39, 0.29) is 0 Å². The second kappa shape index (κ2) is 31.9. The van der Waals surface area contributed by atoms with Gasteiger partial charge in [-0.2, -0.15) is 8.42 Å². The van der Waals surface area contributed by atoms with E-state index in [0.717, 1.165) is 44.9 Å². The minimum atomic E-state index is -4.40. The van der Waals surface area contributed by atoms with Crippen molar-refractivity contribution in [2.24, 2.45) is 0 Å². The van der Waals surface area contributed by atoms with Crippen molar-refractivity contribution < 1.29 is 28.0 Å². The minimum absolute atomic E-state index is 0.303. The van der Waals surface area contributed by atoms with E-state index in [4.69, 9.17) is 0 Å². The number of carbonyl (C=O) groups excluding carboxylic acids is 1. The van der Waals surface area contributed by atoms with Crippen molar-refractivity contribution >= 4 is 16.0 Å². The van der Waals surface area contributed by atoms with Crippen LogP contribution in [0.4, 0.5) is 0 Å². The summed E-state index contributed by atoms with van der Waals surface area (Å²) in [5.74, 6) is -1.44. The Kier molecular flexibility index (Phi) is 31.4. The molecule has 0 bridgehead atoms. The lowest BCUT2D eigenvalue weighted by molar-refractivity contribution is -0.131. The highest BCUT2D eigenvalue weighted by atomic mass is 32.2. The van der Waals surface area contributed by atoms with Crippen LogP contribution in [0.2, 0.25) is 0 Å². The van der Waals surface area contributed by atoms with Gasteiger partial charge in [0.25, 0.3) is 10.1 Å². The Morgan fingerprint density at radius 1 is 0.511 bits per heavy atom. The van der Waals surface area contributed by atoms with Crippen molar-refractivity contribution in [1.29, 1.82) is 0 Å². The first-order valence-electron chi connectivity index (χ1n) is 19.3. The van der Waals surface area contributed by atoms with E-state index in [1.165, 1.54) is 135 Å². The van der Waals surface area contributed by atoms with Gasteiger partial charge in [-0.25, -0.2) is 0 Å². The van der Waals surface area contributed by atoms with Crippen molar-refractivity contribution in [3.05, 3.63) is 0 Å². The highest BCUT2D eigenvalue weighted by Gasteiger charge is 2.28. The topological polar surface area (TPSA) is 124 Å². The lowest BCUT2D eigenvalue weighted by atomic mass is 10.0. The van der Waals surface area contributed by atoms with E-state index in [1.54, 1.807) is 0 Å². The monoisotopic (exact) mass is 662 g/mol. The highest BCUT2D eigenvalue weighted by molar-refractivity contribution is 7.85. The molecule has 0 heterocycles. The Balaban J connectivity index is 4.00. The number of aliphatic hydroxyl groups excluding tert-OH is 2. The van der Waals surface area contributed by atoms with Crippen molar-refractivity contribution in [3.63, 3.8) is 0 Å². The van der Waals surface area contributed by atoms with Gasteiger partial charge in [0.15, 0.2) is 0 Å². The van der Waals surface area contributed by atoms with Crippen LogP contribution in [0.3, 0.4) is 0 Å². The molecule has 4 N–H and O–H groups in total. The Bertz CT molecular complexity index is 747. The number of carbonyl (C=O) groups is 1. The predicted molar refractivity (Wildman–Crippen MR) is 190 cm³/mol. The summed E-state index contributed by atoms with van der Waals surface area (Å²) in [5.41, 5.74) is 0. The van der Waals surface area contributed by atoms with Gasteiger partial charge in [-0.15, -0.1) is 0 Å². The Morgan fingerprint density at radius 3 is 1.11 bits per heavy atom.